The third-order valence-corrected chi connectivity index (χ3v) is 2.77. The Morgan fingerprint density at radius 2 is 2.12 bits per heavy atom. The van der Waals surface area contributed by atoms with Crippen LogP contribution in [0.2, 0.25) is 0 Å². The van der Waals surface area contributed by atoms with Crippen LogP contribution < -0.4 is 5.32 Å². The highest BCUT2D eigenvalue weighted by molar-refractivity contribution is 7.80. The number of thiocarbonyl (C=S) groups is 1. The van der Waals surface area contributed by atoms with Crippen LogP contribution in [0.25, 0.3) is 0 Å². The van der Waals surface area contributed by atoms with Crippen molar-refractivity contribution in [3.05, 3.63) is 30.3 Å². The summed E-state index contributed by atoms with van der Waals surface area (Å²) in [4.78, 5) is 2.00. The van der Waals surface area contributed by atoms with Crippen molar-refractivity contribution in [2.45, 2.75) is 13.8 Å². The number of nitrogens with one attached hydrogen (secondary N) is 1. The summed E-state index contributed by atoms with van der Waals surface area (Å²) < 4.78 is 0. The van der Waals surface area contributed by atoms with Crippen molar-refractivity contribution >= 4 is 23.0 Å². The summed E-state index contributed by atoms with van der Waals surface area (Å²) in [7, 11) is 0. The normalized spacial score (nSPS) is 11.4. The molecule has 0 saturated heterocycles. The second-order valence-electron chi connectivity index (χ2n) is 3.86. The topological polar surface area (TPSA) is 39.1 Å². The first-order valence-electron chi connectivity index (χ1n) is 5.68. The lowest BCUT2D eigenvalue weighted by molar-refractivity contribution is 0.409. The number of nitrogens with zero attached hydrogens (tertiary/aromatic N) is 2. The van der Waals surface area contributed by atoms with Gasteiger partial charge < -0.3 is 10.2 Å². The average molecular weight is 247 g/mol. The van der Waals surface area contributed by atoms with Gasteiger partial charge in [-0.1, -0.05) is 18.2 Å². The van der Waals surface area contributed by atoms with Crippen molar-refractivity contribution < 1.29 is 0 Å². The molecule has 0 saturated carbocycles. The Morgan fingerprint density at radius 1 is 1.47 bits per heavy atom. The highest BCUT2D eigenvalue weighted by Gasteiger charge is 2.11. The predicted molar refractivity (Wildman–Crippen MR) is 74.7 cm³/mol. The fourth-order valence-electron chi connectivity index (χ4n) is 1.45. The lowest BCUT2D eigenvalue weighted by atomic mass is 10.2. The lowest BCUT2D eigenvalue weighted by Gasteiger charge is -2.25. The van der Waals surface area contributed by atoms with E-state index in [4.69, 9.17) is 17.5 Å². The van der Waals surface area contributed by atoms with Crippen LogP contribution in [0.1, 0.15) is 13.8 Å². The highest BCUT2D eigenvalue weighted by Crippen LogP contribution is 2.08. The number of hydrogen-bond acceptors (Lipinski definition) is 2. The Morgan fingerprint density at radius 3 is 2.65 bits per heavy atom. The van der Waals surface area contributed by atoms with Gasteiger partial charge in [0.25, 0.3) is 0 Å². The molecule has 1 aromatic rings. The minimum absolute atomic E-state index is 0.0227. The molecular formula is C13H17N3S. The fourth-order valence-corrected chi connectivity index (χ4v) is 1.77. The summed E-state index contributed by atoms with van der Waals surface area (Å²) in [5, 5.41) is 12.6. The quantitative estimate of drug-likeness (QED) is 0.830. The first kappa shape index (κ1) is 13.5. The van der Waals surface area contributed by atoms with Crippen molar-refractivity contribution in [3.63, 3.8) is 0 Å². The average Bonchev–Trinajstić information content (AvgIpc) is 2.36. The van der Waals surface area contributed by atoms with E-state index in [0.717, 1.165) is 12.2 Å². The number of hydrogen-bond donors (Lipinski definition) is 1. The molecule has 0 aliphatic heterocycles. The van der Waals surface area contributed by atoms with Gasteiger partial charge in [0, 0.05) is 18.8 Å². The van der Waals surface area contributed by atoms with Crippen molar-refractivity contribution in [2.75, 3.05) is 18.4 Å². The third kappa shape index (κ3) is 4.41. The standard InChI is InChI=1S/C13H17N3S/c1-3-16(10-11(2)9-14)13(17)15-12-7-5-4-6-8-12/h4-8,11H,3,10H2,1-2H3,(H,15,17). The molecule has 0 fully saturated rings. The molecule has 1 unspecified atom stereocenters. The van der Waals surface area contributed by atoms with Crippen LogP contribution in [-0.4, -0.2) is 23.1 Å². The van der Waals surface area contributed by atoms with E-state index in [1.807, 2.05) is 49.1 Å². The second kappa shape index (κ2) is 6.87. The summed E-state index contributed by atoms with van der Waals surface area (Å²) >= 11 is 5.33. The van der Waals surface area contributed by atoms with Crippen LogP contribution in [0.4, 0.5) is 5.69 Å². The van der Waals surface area contributed by atoms with Crippen molar-refractivity contribution in [1.82, 2.24) is 4.90 Å². The predicted octanol–water partition coefficient (Wildman–Crippen LogP) is 2.86. The smallest absolute Gasteiger partial charge is 0.173 e. The Kier molecular flexibility index (Phi) is 5.44. The van der Waals surface area contributed by atoms with E-state index < -0.39 is 0 Å². The van der Waals surface area contributed by atoms with Gasteiger partial charge in [0.1, 0.15) is 0 Å². The molecule has 1 N–H and O–H groups in total. The first-order valence-corrected chi connectivity index (χ1v) is 6.08. The summed E-state index contributed by atoms with van der Waals surface area (Å²) in [6, 6.07) is 12.0. The molecule has 0 spiro atoms. The van der Waals surface area contributed by atoms with Crippen LogP contribution in [-0.2, 0) is 0 Å². The maximum Gasteiger partial charge on any atom is 0.173 e. The molecule has 1 atom stereocenters. The molecule has 3 nitrogen and oxygen atoms in total. The van der Waals surface area contributed by atoms with E-state index in [1.54, 1.807) is 0 Å². The van der Waals surface area contributed by atoms with Gasteiger partial charge in [0.05, 0.1) is 12.0 Å². The molecule has 4 heteroatoms. The zero-order valence-corrected chi connectivity index (χ0v) is 11.0. The molecule has 90 valence electrons. The van der Waals surface area contributed by atoms with Gasteiger partial charge in [-0.15, -0.1) is 0 Å². The summed E-state index contributed by atoms with van der Waals surface area (Å²) in [6.45, 7) is 5.38. The molecule has 0 aliphatic carbocycles. The number of benzene rings is 1. The van der Waals surface area contributed by atoms with E-state index in [-0.39, 0.29) is 5.92 Å². The molecule has 0 heterocycles. The van der Waals surface area contributed by atoms with Gasteiger partial charge >= 0.3 is 0 Å². The monoisotopic (exact) mass is 247 g/mol. The maximum atomic E-state index is 8.81. The van der Waals surface area contributed by atoms with Gasteiger partial charge in [0.2, 0.25) is 0 Å². The fraction of sp³-hybridized carbons (Fsp3) is 0.385. The van der Waals surface area contributed by atoms with E-state index in [2.05, 4.69) is 11.4 Å². The minimum Gasteiger partial charge on any atom is -0.348 e. The van der Waals surface area contributed by atoms with E-state index in [9.17, 15) is 0 Å². The molecule has 0 radical (unpaired) electrons. The van der Waals surface area contributed by atoms with Crippen LogP contribution >= 0.6 is 12.2 Å². The van der Waals surface area contributed by atoms with Gasteiger partial charge in [-0.2, -0.15) is 5.26 Å². The summed E-state index contributed by atoms with van der Waals surface area (Å²) in [6.07, 6.45) is 0. The van der Waals surface area contributed by atoms with Gasteiger partial charge in [0.15, 0.2) is 5.11 Å². The van der Waals surface area contributed by atoms with Crippen LogP contribution in [0, 0.1) is 17.2 Å². The van der Waals surface area contributed by atoms with Crippen molar-refractivity contribution in [3.8, 4) is 6.07 Å². The summed E-state index contributed by atoms with van der Waals surface area (Å²) in [5.41, 5.74) is 0.973. The highest BCUT2D eigenvalue weighted by atomic mass is 32.1. The Hall–Kier alpha value is -1.60. The molecule has 1 aromatic carbocycles. The Bertz CT molecular complexity index is 397. The molecule has 0 amide bonds. The third-order valence-electron chi connectivity index (χ3n) is 2.41. The van der Waals surface area contributed by atoms with Crippen molar-refractivity contribution in [2.24, 2.45) is 5.92 Å². The van der Waals surface area contributed by atoms with Crippen LogP contribution in [0.3, 0.4) is 0 Å². The zero-order chi connectivity index (χ0) is 12.7. The van der Waals surface area contributed by atoms with Crippen molar-refractivity contribution in [1.29, 1.82) is 5.26 Å². The summed E-state index contributed by atoms with van der Waals surface area (Å²) in [5.74, 6) is -0.0227. The minimum atomic E-state index is -0.0227. The van der Waals surface area contributed by atoms with Crippen LogP contribution in [0.15, 0.2) is 30.3 Å². The zero-order valence-electron chi connectivity index (χ0n) is 10.2. The first-order chi connectivity index (χ1) is 8.17. The van der Waals surface area contributed by atoms with Gasteiger partial charge in [-0.05, 0) is 38.2 Å². The molecule has 0 aliphatic rings. The molecule has 0 bridgehead atoms. The van der Waals surface area contributed by atoms with Crippen LogP contribution in [0.5, 0.6) is 0 Å². The lowest BCUT2D eigenvalue weighted by Crippen LogP contribution is -2.37. The molecule has 0 aromatic heterocycles. The SMILES string of the molecule is CCN(CC(C)C#N)C(=S)Nc1ccccc1. The molecule has 17 heavy (non-hydrogen) atoms. The largest absolute Gasteiger partial charge is 0.348 e. The van der Waals surface area contributed by atoms with Gasteiger partial charge in [-0.3, -0.25) is 0 Å². The number of para-hydroxylation sites is 1. The second-order valence-corrected chi connectivity index (χ2v) is 4.25. The number of nitriles is 1. The number of anilines is 1. The van der Waals surface area contributed by atoms with E-state index >= 15 is 0 Å². The molecule has 1 rings (SSSR count). The number of rotatable bonds is 4. The Balaban J connectivity index is 2.59. The van der Waals surface area contributed by atoms with E-state index in [0.29, 0.717) is 11.7 Å². The molecular weight excluding hydrogens is 230 g/mol. The Labute approximate surface area is 108 Å². The van der Waals surface area contributed by atoms with E-state index in [1.165, 1.54) is 0 Å². The maximum absolute atomic E-state index is 8.81. The van der Waals surface area contributed by atoms with Gasteiger partial charge in [-0.25, -0.2) is 0 Å².